The Hall–Kier alpha value is -2.21. The fraction of sp³-hybridized carbons (Fsp3) is 0.476. The Morgan fingerprint density at radius 2 is 2.04 bits per heavy atom. The molecule has 1 aromatic carbocycles. The number of hydrogen-bond acceptors (Lipinski definition) is 4. The van der Waals surface area contributed by atoms with Crippen molar-refractivity contribution in [1.82, 2.24) is 10.3 Å². The lowest BCUT2D eigenvalue weighted by molar-refractivity contribution is -0.121. The maximum absolute atomic E-state index is 12.4. The number of nitrogens with zero attached hydrogens (tertiary/aromatic N) is 1. The zero-order chi connectivity index (χ0) is 18.8. The topological polar surface area (TPSA) is 71.1 Å². The van der Waals surface area contributed by atoms with Crippen molar-refractivity contribution in [3.8, 4) is 0 Å². The predicted octanol–water partition coefficient (Wildman–Crippen LogP) is 3.88. The van der Waals surface area contributed by atoms with E-state index in [9.17, 15) is 9.59 Å². The SMILES string of the molecule is CC(NC(=O)Cc1csc(NC(=O)c2ccccc2)n1)C1CC2CCC1C2. The number of carbonyl (C=O) groups excluding carboxylic acids is 2. The predicted molar refractivity (Wildman–Crippen MR) is 107 cm³/mol. The molecule has 0 aliphatic heterocycles. The number of thiazole rings is 1. The van der Waals surface area contributed by atoms with E-state index in [1.807, 2.05) is 23.6 Å². The van der Waals surface area contributed by atoms with Crippen LogP contribution in [0.15, 0.2) is 35.7 Å². The van der Waals surface area contributed by atoms with Crippen LogP contribution >= 0.6 is 11.3 Å². The summed E-state index contributed by atoms with van der Waals surface area (Å²) < 4.78 is 0. The van der Waals surface area contributed by atoms with Gasteiger partial charge < -0.3 is 5.32 Å². The van der Waals surface area contributed by atoms with E-state index in [2.05, 4.69) is 22.5 Å². The molecule has 2 bridgehead atoms. The molecule has 1 aromatic heterocycles. The number of hydrogen-bond donors (Lipinski definition) is 2. The molecule has 4 rings (SSSR count). The Morgan fingerprint density at radius 1 is 1.22 bits per heavy atom. The van der Waals surface area contributed by atoms with E-state index >= 15 is 0 Å². The molecular weight excluding hydrogens is 358 g/mol. The molecule has 2 aromatic rings. The Morgan fingerprint density at radius 3 is 2.74 bits per heavy atom. The Labute approximate surface area is 163 Å². The number of amides is 2. The molecule has 0 radical (unpaired) electrons. The number of carbonyl (C=O) groups is 2. The van der Waals surface area contributed by atoms with E-state index in [4.69, 9.17) is 0 Å². The molecule has 2 amide bonds. The van der Waals surface area contributed by atoms with Crippen molar-refractivity contribution in [3.05, 3.63) is 47.0 Å². The number of anilines is 1. The average molecular weight is 384 g/mol. The van der Waals surface area contributed by atoms with Crippen LogP contribution in [0.25, 0.3) is 0 Å². The van der Waals surface area contributed by atoms with Crippen molar-refractivity contribution in [2.24, 2.45) is 17.8 Å². The van der Waals surface area contributed by atoms with E-state index < -0.39 is 0 Å². The van der Waals surface area contributed by atoms with Gasteiger partial charge in [0.25, 0.3) is 5.91 Å². The molecule has 6 heteroatoms. The molecule has 0 saturated heterocycles. The summed E-state index contributed by atoms with van der Waals surface area (Å²) in [5.41, 5.74) is 1.28. The number of aromatic nitrogens is 1. The number of benzene rings is 1. The lowest BCUT2D eigenvalue weighted by Gasteiger charge is -2.28. The number of rotatable bonds is 6. The lowest BCUT2D eigenvalue weighted by atomic mass is 9.84. The second-order valence-corrected chi connectivity index (χ2v) is 8.69. The molecule has 2 fully saturated rings. The van der Waals surface area contributed by atoms with Crippen LogP contribution in [0.4, 0.5) is 5.13 Å². The zero-order valence-corrected chi connectivity index (χ0v) is 16.3. The third kappa shape index (κ3) is 4.21. The highest BCUT2D eigenvalue weighted by atomic mass is 32.1. The van der Waals surface area contributed by atoms with E-state index in [1.165, 1.54) is 37.0 Å². The maximum Gasteiger partial charge on any atom is 0.257 e. The molecule has 2 N–H and O–H groups in total. The summed E-state index contributed by atoms with van der Waals surface area (Å²) in [7, 11) is 0. The van der Waals surface area contributed by atoms with Crippen LogP contribution < -0.4 is 10.6 Å². The van der Waals surface area contributed by atoms with Gasteiger partial charge >= 0.3 is 0 Å². The average Bonchev–Trinajstić information content (AvgIpc) is 3.39. The van der Waals surface area contributed by atoms with Gasteiger partial charge in [0, 0.05) is 17.0 Å². The Balaban J connectivity index is 1.28. The minimum atomic E-state index is -0.189. The van der Waals surface area contributed by atoms with Crippen molar-refractivity contribution in [2.45, 2.75) is 45.1 Å². The van der Waals surface area contributed by atoms with Gasteiger partial charge in [-0.2, -0.15) is 0 Å². The largest absolute Gasteiger partial charge is 0.353 e. The summed E-state index contributed by atoms with van der Waals surface area (Å²) in [6.07, 6.45) is 5.56. The first-order valence-electron chi connectivity index (χ1n) is 9.68. The molecule has 5 nitrogen and oxygen atoms in total. The van der Waals surface area contributed by atoms with Crippen LogP contribution in [-0.4, -0.2) is 22.8 Å². The first-order chi connectivity index (χ1) is 13.1. The summed E-state index contributed by atoms with van der Waals surface area (Å²) in [6, 6.07) is 9.26. The van der Waals surface area contributed by atoms with Crippen LogP contribution in [0, 0.1) is 17.8 Å². The summed E-state index contributed by atoms with van der Waals surface area (Å²) >= 11 is 1.35. The van der Waals surface area contributed by atoms with Crippen molar-refractivity contribution in [3.63, 3.8) is 0 Å². The van der Waals surface area contributed by atoms with Gasteiger partial charge in [0.1, 0.15) is 0 Å². The molecule has 1 heterocycles. The van der Waals surface area contributed by atoms with Crippen LogP contribution in [0.5, 0.6) is 0 Å². The highest BCUT2D eigenvalue weighted by Gasteiger charge is 2.42. The highest BCUT2D eigenvalue weighted by Crippen LogP contribution is 2.49. The van der Waals surface area contributed by atoms with Gasteiger partial charge in [0.2, 0.25) is 5.91 Å². The van der Waals surface area contributed by atoms with Gasteiger partial charge in [-0.3, -0.25) is 14.9 Å². The van der Waals surface area contributed by atoms with Crippen molar-refractivity contribution >= 4 is 28.3 Å². The van der Waals surface area contributed by atoms with Gasteiger partial charge in [0.15, 0.2) is 5.13 Å². The summed E-state index contributed by atoms with van der Waals surface area (Å²) in [5, 5.41) is 8.32. The van der Waals surface area contributed by atoms with Crippen molar-refractivity contribution in [2.75, 3.05) is 5.32 Å². The van der Waals surface area contributed by atoms with E-state index in [0.29, 0.717) is 22.3 Å². The minimum Gasteiger partial charge on any atom is -0.353 e. The molecule has 4 unspecified atom stereocenters. The van der Waals surface area contributed by atoms with E-state index in [1.54, 1.807) is 12.1 Å². The molecule has 142 valence electrons. The third-order valence-electron chi connectivity index (χ3n) is 5.97. The monoisotopic (exact) mass is 383 g/mol. The van der Waals surface area contributed by atoms with Gasteiger partial charge in [-0.05, 0) is 56.1 Å². The number of nitrogens with one attached hydrogen (secondary N) is 2. The van der Waals surface area contributed by atoms with Crippen LogP contribution in [0.3, 0.4) is 0 Å². The standard InChI is InChI=1S/C21H25N3O2S/c1-13(18-10-14-7-8-16(18)9-14)22-19(25)11-17-12-27-21(23-17)24-20(26)15-5-3-2-4-6-15/h2-6,12-14,16,18H,7-11H2,1H3,(H,22,25)(H,23,24,26). The number of fused-ring (bicyclic) bond motifs is 2. The summed E-state index contributed by atoms with van der Waals surface area (Å²) in [6.45, 7) is 2.13. The van der Waals surface area contributed by atoms with Gasteiger partial charge in [-0.15, -0.1) is 11.3 Å². The molecule has 2 aliphatic carbocycles. The van der Waals surface area contributed by atoms with Crippen molar-refractivity contribution in [1.29, 1.82) is 0 Å². The molecule has 4 atom stereocenters. The maximum atomic E-state index is 12.4. The fourth-order valence-corrected chi connectivity index (χ4v) is 5.39. The van der Waals surface area contributed by atoms with Gasteiger partial charge in [-0.25, -0.2) is 4.98 Å². The molecule has 0 spiro atoms. The lowest BCUT2D eigenvalue weighted by Crippen LogP contribution is -2.40. The smallest absolute Gasteiger partial charge is 0.257 e. The normalized spacial score (nSPS) is 24.6. The second-order valence-electron chi connectivity index (χ2n) is 7.84. The summed E-state index contributed by atoms with van der Waals surface area (Å²) in [4.78, 5) is 29.0. The molecule has 2 saturated carbocycles. The Kier molecular flexibility index (Phi) is 5.25. The third-order valence-corrected chi connectivity index (χ3v) is 6.78. The molecule has 2 aliphatic rings. The van der Waals surface area contributed by atoms with Crippen LogP contribution in [0.2, 0.25) is 0 Å². The molecular formula is C21H25N3O2S. The summed E-state index contributed by atoms with van der Waals surface area (Å²) in [5.74, 6) is 2.13. The van der Waals surface area contributed by atoms with Crippen LogP contribution in [-0.2, 0) is 11.2 Å². The fourth-order valence-electron chi connectivity index (χ4n) is 4.69. The highest BCUT2D eigenvalue weighted by molar-refractivity contribution is 7.14. The zero-order valence-electron chi connectivity index (χ0n) is 15.5. The van der Waals surface area contributed by atoms with Gasteiger partial charge in [0.05, 0.1) is 12.1 Å². The van der Waals surface area contributed by atoms with E-state index in [0.717, 1.165) is 11.8 Å². The first kappa shape index (κ1) is 18.2. The van der Waals surface area contributed by atoms with Gasteiger partial charge in [-0.1, -0.05) is 24.6 Å². The first-order valence-corrected chi connectivity index (χ1v) is 10.6. The second kappa shape index (κ2) is 7.80. The van der Waals surface area contributed by atoms with E-state index in [-0.39, 0.29) is 24.3 Å². The van der Waals surface area contributed by atoms with Crippen molar-refractivity contribution < 1.29 is 9.59 Å². The van der Waals surface area contributed by atoms with Crippen LogP contribution in [0.1, 0.15) is 48.7 Å². The quantitative estimate of drug-likeness (QED) is 0.795. The molecule has 27 heavy (non-hydrogen) atoms. The Bertz CT molecular complexity index is 820. The minimum absolute atomic E-state index is 0.0107.